The number of hydrogen-bond acceptors (Lipinski definition) is 1. The zero-order valence-electron chi connectivity index (χ0n) is 6.27. The molecule has 13 heavy (non-hydrogen) atoms. The lowest BCUT2D eigenvalue weighted by molar-refractivity contribution is 0.259. The standard InChI is InChI=1S/C7H5F3N2O/c8-3-1-4(9)6(5(10)2-3)12-7(11)13/h1-2H,(H3,11,12,13). The lowest BCUT2D eigenvalue weighted by Crippen LogP contribution is -2.21. The number of nitrogens with two attached hydrogens (primary N) is 1. The van der Waals surface area contributed by atoms with E-state index in [2.05, 4.69) is 5.73 Å². The van der Waals surface area contributed by atoms with Gasteiger partial charge in [0.1, 0.15) is 11.5 Å². The molecule has 3 nitrogen and oxygen atoms in total. The van der Waals surface area contributed by atoms with Crippen molar-refractivity contribution in [2.24, 2.45) is 5.73 Å². The third-order valence-electron chi connectivity index (χ3n) is 1.26. The van der Waals surface area contributed by atoms with E-state index in [1.165, 1.54) is 0 Å². The van der Waals surface area contributed by atoms with E-state index in [-0.39, 0.29) is 0 Å². The van der Waals surface area contributed by atoms with Crippen molar-refractivity contribution in [1.82, 2.24) is 0 Å². The molecule has 0 saturated heterocycles. The Balaban J connectivity index is 3.13. The van der Waals surface area contributed by atoms with Gasteiger partial charge in [-0.15, -0.1) is 0 Å². The number of benzene rings is 1. The summed E-state index contributed by atoms with van der Waals surface area (Å²) >= 11 is 0. The number of urea groups is 1. The maximum atomic E-state index is 12.7. The number of primary amides is 1. The summed E-state index contributed by atoms with van der Waals surface area (Å²) in [6, 6.07) is -0.243. The maximum Gasteiger partial charge on any atom is 0.316 e. The van der Waals surface area contributed by atoms with Crippen molar-refractivity contribution in [2.75, 3.05) is 5.32 Å². The summed E-state index contributed by atoms with van der Waals surface area (Å²) in [6.07, 6.45) is 0. The third kappa shape index (κ3) is 2.11. The minimum atomic E-state index is -1.21. The topological polar surface area (TPSA) is 55.1 Å². The van der Waals surface area contributed by atoms with Crippen molar-refractivity contribution in [3.8, 4) is 0 Å². The van der Waals surface area contributed by atoms with Crippen LogP contribution in [0.5, 0.6) is 0 Å². The zero-order chi connectivity index (χ0) is 10.0. The second-order valence-electron chi connectivity index (χ2n) is 2.23. The fourth-order valence-corrected chi connectivity index (χ4v) is 0.785. The fraction of sp³-hybridized carbons (Fsp3) is 0. The molecule has 0 spiro atoms. The van der Waals surface area contributed by atoms with E-state index in [0.717, 1.165) is 0 Å². The molecule has 0 heterocycles. The van der Waals surface area contributed by atoms with E-state index in [9.17, 15) is 18.0 Å². The molecule has 0 saturated carbocycles. The SMILES string of the molecule is NC(=O)Nc1c(F)cc(F)cc1F. The lowest BCUT2D eigenvalue weighted by Gasteiger charge is -2.04. The van der Waals surface area contributed by atoms with Crippen LogP contribution in [-0.2, 0) is 0 Å². The van der Waals surface area contributed by atoms with Gasteiger partial charge in [0.05, 0.1) is 0 Å². The van der Waals surface area contributed by atoms with Gasteiger partial charge in [0.15, 0.2) is 11.6 Å². The van der Waals surface area contributed by atoms with E-state index in [1.807, 2.05) is 0 Å². The molecule has 1 aromatic carbocycles. The van der Waals surface area contributed by atoms with Gasteiger partial charge in [-0.25, -0.2) is 18.0 Å². The summed E-state index contributed by atoms with van der Waals surface area (Å²) in [5.74, 6) is -3.49. The Morgan fingerprint density at radius 1 is 1.23 bits per heavy atom. The Morgan fingerprint density at radius 2 is 1.69 bits per heavy atom. The third-order valence-corrected chi connectivity index (χ3v) is 1.26. The molecule has 6 heteroatoms. The van der Waals surface area contributed by atoms with Gasteiger partial charge in [0.25, 0.3) is 0 Å². The van der Waals surface area contributed by atoms with Crippen LogP contribution in [0.1, 0.15) is 0 Å². The van der Waals surface area contributed by atoms with Crippen LogP contribution in [0.4, 0.5) is 23.7 Å². The number of halogens is 3. The summed E-state index contributed by atoms with van der Waals surface area (Å²) in [7, 11) is 0. The second kappa shape index (κ2) is 3.34. The molecule has 0 fully saturated rings. The number of amides is 2. The minimum absolute atomic E-state index is 0.439. The highest BCUT2D eigenvalue weighted by Crippen LogP contribution is 2.19. The van der Waals surface area contributed by atoms with Gasteiger partial charge in [-0.3, -0.25) is 0 Å². The normalized spacial score (nSPS) is 9.77. The molecule has 2 amide bonds. The summed E-state index contributed by atoms with van der Waals surface area (Å²) < 4.78 is 37.8. The van der Waals surface area contributed by atoms with Gasteiger partial charge >= 0.3 is 6.03 Å². The Morgan fingerprint density at radius 3 is 2.08 bits per heavy atom. The number of nitrogens with one attached hydrogen (secondary N) is 1. The van der Waals surface area contributed by atoms with Crippen LogP contribution in [0.2, 0.25) is 0 Å². The number of carbonyl (C=O) groups is 1. The largest absolute Gasteiger partial charge is 0.351 e. The van der Waals surface area contributed by atoms with E-state index in [4.69, 9.17) is 0 Å². The molecule has 0 atom stereocenters. The van der Waals surface area contributed by atoms with Crippen LogP contribution in [0, 0.1) is 17.5 Å². The van der Waals surface area contributed by atoms with Crippen molar-refractivity contribution in [3.05, 3.63) is 29.6 Å². The first-order chi connectivity index (χ1) is 6.00. The highest BCUT2D eigenvalue weighted by molar-refractivity contribution is 5.88. The predicted molar refractivity (Wildman–Crippen MR) is 39.5 cm³/mol. The van der Waals surface area contributed by atoms with Crippen LogP contribution in [0.3, 0.4) is 0 Å². The van der Waals surface area contributed by atoms with Crippen molar-refractivity contribution < 1.29 is 18.0 Å². The molecular weight excluding hydrogens is 185 g/mol. The molecule has 70 valence electrons. The molecule has 1 aromatic rings. The van der Waals surface area contributed by atoms with Crippen molar-refractivity contribution >= 4 is 11.7 Å². The smallest absolute Gasteiger partial charge is 0.316 e. The minimum Gasteiger partial charge on any atom is -0.351 e. The number of hydrogen-bond donors (Lipinski definition) is 2. The van der Waals surface area contributed by atoms with E-state index >= 15 is 0 Å². The molecule has 0 radical (unpaired) electrons. The molecular formula is C7H5F3N2O. The van der Waals surface area contributed by atoms with Gasteiger partial charge in [0.2, 0.25) is 0 Å². The van der Waals surface area contributed by atoms with Gasteiger partial charge in [-0.05, 0) is 0 Å². The fourth-order valence-electron chi connectivity index (χ4n) is 0.785. The van der Waals surface area contributed by atoms with E-state index in [1.54, 1.807) is 5.32 Å². The molecule has 1 rings (SSSR count). The second-order valence-corrected chi connectivity index (χ2v) is 2.23. The summed E-state index contributed by atoms with van der Waals surface area (Å²) in [5.41, 5.74) is 3.87. The first kappa shape index (κ1) is 9.37. The Bertz CT molecular complexity index is 331. The quantitative estimate of drug-likeness (QED) is 0.694. The van der Waals surface area contributed by atoms with Crippen LogP contribution in [-0.4, -0.2) is 6.03 Å². The van der Waals surface area contributed by atoms with Gasteiger partial charge in [0, 0.05) is 12.1 Å². The maximum absolute atomic E-state index is 12.7. The van der Waals surface area contributed by atoms with Crippen molar-refractivity contribution in [3.63, 3.8) is 0 Å². The monoisotopic (exact) mass is 190 g/mol. The summed E-state index contributed by atoms with van der Waals surface area (Å²) in [4.78, 5) is 10.2. The number of rotatable bonds is 1. The Kier molecular flexibility index (Phi) is 2.41. The first-order valence-corrected chi connectivity index (χ1v) is 3.21. The zero-order valence-corrected chi connectivity index (χ0v) is 6.27. The highest BCUT2D eigenvalue weighted by atomic mass is 19.1. The molecule has 0 unspecified atom stereocenters. The van der Waals surface area contributed by atoms with E-state index < -0.39 is 29.2 Å². The molecule has 0 aromatic heterocycles. The van der Waals surface area contributed by atoms with Crippen molar-refractivity contribution in [2.45, 2.75) is 0 Å². The predicted octanol–water partition coefficient (Wildman–Crippen LogP) is 1.59. The first-order valence-electron chi connectivity index (χ1n) is 3.21. The average Bonchev–Trinajstić information content (AvgIpc) is 1.96. The van der Waals surface area contributed by atoms with E-state index in [0.29, 0.717) is 12.1 Å². The molecule has 0 aliphatic rings. The van der Waals surface area contributed by atoms with Crippen LogP contribution in [0.25, 0.3) is 0 Å². The van der Waals surface area contributed by atoms with Gasteiger partial charge in [-0.1, -0.05) is 0 Å². The van der Waals surface area contributed by atoms with Crippen LogP contribution in [0.15, 0.2) is 12.1 Å². The van der Waals surface area contributed by atoms with Crippen molar-refractivity contribution in [1.29, 1.82) is 0 Å². The average molecular weight is 190 g/mol. The Labute approximate surface area is 71.3 Å². The molecule has 0 aliphatic heterocycles. The molecule has 3 N–H and O–H groups in total. The van der Waals surface area contributed by atoms with Crippen LogP contribution < -0.4 is 11.1 Å². The molecule has 0 bridgehead atoms. The Hall–Kier alpha value is -1.72. The number of anilines is 1. The number of carbonyl (C=O) groups excluding carboxylic acids is 1. The molecule has 0 aliphatic carbocycles. The van der Waals surface area contributed by atoms with Gasteiger partial charge in [-0.2, -0.15) is 0 Å². The summed E-state index contributed by atoms with van der Waals surface area (Å²) in [5, 5.41) is 1.69. The summed E-state index contributed by atoms with van der Waals surface area (Å²) in [6.45, 7) is 0. The lowest BCUT2D eigenvalue weighted by atomic mass is 10.3. The van der Waals surface area contributed by atoms with Gasteiger partial charge < -0.3 is 11.1 Å². The highest BCUT2D eigenvalue weighted by Gasteiger charge is 2.12. The van der Waals surface area contributed by atoms with Crippen LogP contribution >= 0.6 is 0 Å².